The third kappa shape index (κ3) is 7.75. The minimum Gasteiger partial charge on any atom is -0.497 e. The molecule has 3 aliphatic heterocycles. The number of esters is 2. The smallest absolute Gasteiger partial charge is 0.339 e. The predicted octanol–water partition coefficient (Wildman–Crippen LogP) is 4.41. The van der Waals surface area contributed by atoms with Gasteiger partial charge in [0.2, 0.25) is 6.79 Å². The maximum atomic E-state index is 14.2. The van der Waals surface area contributed by atoms with Gasteiger partial charge in [-0.25, -0.2) is 4.79 Å². The number of hydrogen-bond donors (Lipinski definition) is 2. The minimum absolute atomic E-state index is 0.0519. The predicted molar refractivity (Wildman–Crippen MR) is 179 cm³/mol. The third-order valence-electron chi connectivity index (χ3n) is 10.4. The molecule has 0 radical (unpaired) electrons. The summed E-state index contributed by atoms with van der Waals surface area (Å²) in [6.45, 7) is 5.55. The number of nitrogens with zero attached hydrogens (tertiary/aromatic N) is 1. The molecule has 0 spiro atoms. The number of carbonyl (C=O) groups is 2. The van der Waals surface area contributed by atoms with Crippen molar-refractivity contribution in [1.29, 1.82) is 0 Å². The second-order valence-corrected chi connectivity index (χ2v) is 14.3. The highest BCUT2D eigenvalue weighted by atomic mass is 16.7. The number of piperidine rings is 1. The molecule has 0 saturated carbocycles. The second kappa shape index (κ2) is 14.7. The van der Waals surface area contributed by atoms with Crippen molar-refractivity contribution in [3.05, 3.63) is 71.0 Å². The second-order valence-electron chi connectivity index (χ2n) is 14.3. The van der Waals surface area contributed by atoms with Crippen molar-refractivity contribution in [3.63, 3.8) is 0 Å². The van der Waals surface area contributed by atoms with Crippen molar-refractivity contribution >= 4 is 11.9 Å². The Labute approximate surface area is 288 Å². The molecule has 1 saturated heterocycles. The molecule has 1 aliphatic carbocycles. The first kappa shape index (κ1) is 35.2. The zero-order valence-corrected chi connectivity index (χ0v) is 28.9. The van der Waals surface area contributed by atoms with Gasteiger partial charge in [0.15, 0.2) is 29.5 Å². The largest absolute Gasteiger partial charge is 0.497 e. The van der Waals surface area contributed by atoms with Gasteiger partial charge in [0, 0.05) is 32.0 Å². The summed E-state index contributed by atoms with van der Waals surface area (Å²) in [5, 5.41) is 22.4. The van der Waals surface area contributed by atoms with Crippen molar-refractivity contribution in [2.24, 2.45) is 5.92 Å². The molecule has 6 atom stereocenters. The lowest BCUT2D eigenvalue weighted by molar-refractivity contribution is -0.188. The molecule has 266 valence electrons. The van der Waals surface area contributed by atoms with E-state index in [4.69, 9.17) is 28.4 Å². The maximum Gasteiger partial charge on any atom is 0.339 e. The SMILES string of the molecule is COC1=CC2CCCN3CCc4cc5c(cc4C(C1OC(=O)C(O)(CCCC(C)(C)OC(=O)Cc1ccccc1)CC(O)OC)C23)OCO5. The van der Waals surface area contributed by atoms with E-state index in [0.29, 0.717) is 30.1 Å². The average Bonchev–Trinajstić information content (AvgIpc) is 3.47. The average molecular weight is 680 g/mol. The lowest BCUT2D eigenvalue weighted by atomic mass is 9.71. The fraction of sp³-hybridized carbons (Fsp3) is 0.579. The molecule has 2 N–H and O–H groups in total. The number of carbonyl (C=O) groups excluding carboxylic acids is 2. The van der Waals surface area contributed by atoms with Crippen LogP contribution >= 0.6 is 0 Å². The molecule has 2 aromatic carbocycles. The highest BCUT2D eigenvalue weighted by molar-refractivity contribution is 5.80. The van der Waals surface area contributed by atoms with E-state index in [1.807, 2.05) is 42.5 Å². The summed E-state index contributed by atoms with van der Waals surface area (Å²) in [7, 11) is 2.88. The van der Waals surface area contributed by atoms with Crippen LogP contribution in [0.1, 0.15) is 75.0 Å². The monoisotopic (exact) mass is 679 g/mol. The van der Waals surface area contributed by atoms with E-state index in [-0.39, 0.29) is 43.5 Å². The van der Waals surface area contributed by atoms with Crippen LogP contribution in [0.4, 0.5) is 0 Å². The fourth-order valence-electron chi connectivity index (χ4n) is 8.02. The molecule has 3 heterocycles. The Kier molecular flexibility index (Phi) is 10.5. The number of methoxy groups -OCH3 is 2. The lowest BCUT2D eigenvalue weighted by Crippen LogP contribution is -2.55. The van der Waals surface area contributed by atoms with Gasteiger partial charge in [-0.05, 0) is 99.7 Å². The van der Waals surface area contributed by atoms with Gasteiger partial charge in [-0.2, -0.15) is 0 Å². The normalized spacial score (nSPS) is 24.7. The number of hydrogen-bond acceptors (Lipinski definition) is 11. The Morgan fingerprint density at radius 1 is 1.06 bits per heavy atom. The summed E-state index contributed by atoms with van der Waals surface area (Å²) < 4.78 is 34.6. The Bertz CT molecular complexity index is 1530. The van der Waals surface area contributed by atoms with Gasteiger partial charge in [0.05, 0.1) is 13.5 Å². The molecule has 49 heavy (non-hydrogen) atoms. The van der Waals surface area contributed by atoms with Gasteiger partial charge < -0.3 is 38.6 Å². The molecule has 6 unspecified atom stereocenters. The molecule has 1 fully saturated rings. The van der Waals surface area contributed by atoms with Crippen LogP contribution < -0.4 is 9.47 Å². The summed E-state index contributed by atoms with van der Waals surface area (Å²) >= 11 is 0. The lowest BCUT2D eigenvalue weighted by Gasteiger charge is -2.48. The Morgan fingerprint density at radius 3 is 2.55 bits per heavy atom. The first-order valence-corrected chi connectivity index (χ1v) is 17.3. The van der Waals surface area contributed by atoms with E-state index in [1.165, 1.54) is 7.11 Å². The quantitative estimate of drug-likeness (QED) is 0.230. The topological polar surface area (TPSA) is 133 Å². The van der Waals surface area contributed by atoms with Gasteiger partial charge in [0.1, 0.15) is 11.4 Å². The maximum absolute atomic E-state index is 14.2. The summed E-state index contributed by atoms with van der Waals surface area (Å²) in [4.78, 5) is 29.4. The molecule has 6 rings (SSSR count). The molecule has 11 heteroatoms. The number of fused-ring (bicyclic) bond motifs is 3. The first-order valence-electron chi connectivity index (χ1n) is 17.3. The van der Waals surface area contributed by atoms with Crippen LogP contribution in [0, 0.1) is 5.92 Å². The zero-order chi connectivity index (χ0) is 34.8. The molecule has 0 amide bonds. The van der Waals surface area contributed by atoms with Crippen LogP contribution in [-0.4, -0.2) is 90.8 Å². The van der Waals surface area contributed by atoms with Crippen LogP contribution in [0.25, 0.3) is 0 Å². The summed E-state index contributed by atoms with van der Waals surface area (Å²) in [5.41, 5.74) is 0.0229. The Hall–Kier alpha value is -3.64. The third-order valence-corrected chi connectivity index (χ3v) is 10.4. The van der Waals surface area contributed by atoms with Crippen LogP contribution in [0.3, 0.4) is 0 Å². The number of aliphatic hydroxyl groups excluding tert-OH is 1. The molecule has 4 aliphatic rings. The molecule has 11 nitrogen and oxygen atoms in total. The fourth-order valence-corrected chi connectivity index (χ4v) is 8.02. The van der Waals surface area contributed by atoms with E-state index in [9.17, 15) is 19.8 Å². The van der Waals surface area contributed by atoms with Crippen molar-refractivity contribution in [2.75, 3.05) is 34.1 Å². The van der Waals surface area contributed by atoms with Crippen molar-refractivity contribution in [1.82, 2.24) is 4.90 Å². The van der Waals surface area contributed by atoms with Crippen molar-refractivity contribution in [3.8, 4) is 11.5 Å². The summed E-state index contributed by atoms with van der Waals surface area (Å²) in [6.07, 6.45) is 3.05. The minimum atomic E-state index is -2.09. The van der Waals surface area contributed by atoms with Crippen LogP contribution in [0.5, 0.6) is 11.5 Å². The summed E-state index contributed by atoms with van der Waals surface area (Å²) in [6, 6.07) is 13.5. The van der Waals surface area contributed by atoms with Crippen LogP contribution in [0.2, 0.25) is 0 Å². The molecular formula is C38H49NO10. The number of aliphatic hydroxyl groups is 2. The van der Waals surface area contributed by atoms with Crippen molar-refractivity contribution < 1.29 is 48.2 Å². The highest BCUT2D eigenvalue weighted by Gasteiger charge is 2.51. The van der Waals surface area contributed by atoms with E-state index < -0.39 is 36.0 Å². The van der Waals surface area contributed by atoms with E-state index in [1.54, 1.807) is 21.0 Å². The Balaban J connectivity index is 1.23. The van der Waals surface area contributed by atoms with Crippen molar-refractivity contribution in [2.45, 2.75) is 101 Å². The highest BCUT2D eigenvalue weighted by Crippen LogP contribution is 2.50. The van der Waals surface area contributed by atoms with Crippen LogP contribution in [0.15, 0.2) is 54.3 Å². The molecular weight excluding hydrogens is 630 g/mol. The van der Waals surface area contributed by atoms with Crippen LogP contribution in [-0.2, 0) is 41.4 Å². The summed E-state index contributed by atoms with van der Waals surface area (Å²) in [5.74, 6) is 0.569. The van der Waals surface area contributed by atoms with E-state index >= 15 is 0 Å². The number of benzene rings is 2. The molecule has 0 bridgehead atoms. The van der Waals surface area contributed by atoms with Gasteiger partial charge in [-0.1, -0.05) is 30.3 Å². The molecule has 0 aromatic heterocycles. The van der Waals surface area contributed by atoms with E-state index in [0.717, 1.165) is 49.0 Å². The van der Waals surface area contributed by atoms with Gasteiger partial charge in [0.25, 0.3) is 0 Å². The number of ether oxygens (including phenoxy) is 6. The number of rotatable bonds is 13. The molecule has 2 aromatic rings. The first-order chi connectivity index (χ1) is 23.5. The van der Waals surface area contributed by atoms with Gasteiger partial charge >= 0.3 is 11.9 Å². The zero-order valence-electron chi connectivity index (χ0n) is 28.9. The standard InChI is InChI=1S/C38H49NO10/c1-37(2,49-31(40)18-24-10-6-5-7-11-24)14-9-15-38(43,22-32(41)45-4)36(42)48-35-30(44-3)20-26-12-8-16-39-17-13-25-19-28-29(47-23-46-28)21-27(25)33(35)34(26)39/h5-7,10-11,19-21,26,32-35,41,43H,8-9,12-18,22-23H2,1-4H3. The van der Waals surface area contributed by atoms with Gasteiger partial charge in [-0.3, -0.25) is 9.69 Å². The van der Waals surface area contributed by atoms with E-state index in [2.05, 4.69) is 11.0 Å². The Morgan fingerprint density at radius 2 is 1.82 bits per heavy atom. The van der Waals surface area contributed by atoms with Gasteiger partial charge in [-0.15, -0.1) is 0 Å².